The summed E-state index contributed by atoms with van der Waals surface area (Å²) in [5.41, 5.74) is 7.52. The number of amides is 1. The van der Waals surface area contributed by atoms with Gasteiger partial charge in [-0.3, -0.25) is 9.59 Å². The number of primary amides is 1. The summed E-state index contributed by atoms with van der Waals surface area (Å²) in [6.07, 6.45) is -0.533. The number of hydrogen-bond acceptors (Lipinski definition) is 5. The zero-order valence-electron chi connectivity index (χ0n) is 17.4. The molecule has 3 rings (SSSR count). The quantitative estimate of drug-likeness (QED) is 0.298. The summed E-state index contributed by atoms with van der Waals surface area (Å²) in [4.78, 5) is 22.1. The van der Waals surface area contributed by atoms with Crippen LogP contribution in [0.3, 0.4) is 0 Å². The summed E-state index contributed by atoms with van der Waals surface area (Å²) < 4.78 is 11.7. The predicted octanol–water partition coefficient (Wildman–Crippen LogP) is 3.65. The standard InChI is InChI=1S/C25H25NO6.Na.H/c26-25(30)24(29)21-13-12-20(16-22(21)31-14-5-4-11-23(27)28)32-19-10-6-9-18(15-19)17-7-2-1-3-8-17;;/h1-3,6-10,12-13,15-16,24,29H,4-5,11,14H2,(H2,26,30)(H,27,28);;. The Morgan fingerprint density at radius 3 is 2.27 bits per heavy atom. The van der Waals surface area contributed by atoms with E-state index in [-0.39, 0.29) is 53.9 Å². The Bertz CT molecular complexity index is 1070. The van der Waals surface area contributed by atoms with Crippen LogP contribution in [0.5, 0.6) is 17.2 Å². The van der Waals surface area contributed by atoms with Crippen LogP contribution in [0, 0.1) is 0 Å². The van der Waals surface area contributed by atoms with Crippen molar-refractivity contribution in [3.8, 4) is 28.4 Å². The summed E-state index contributed by atoms with van der Waals surface area (Å²) in [5, 5.41) is 18.9. The number of rotatable bonds is 11. The van der Waals surface area contributed by atoms with Gasteiger partial charge in [0.15, 0.2) is 6.10 Å². The van der Waals surface area contributed by atoms with Crippen molar-refractivity contribution in [1.82, 2.24) is 0 Å². The molecule has 0 spiro atoms. The SMILES string of the molecule is NC(=O)C(O)c1ccc(Oc2cccc(-c3ccccc3)c2)cc1OCCCCC(=O)O.[NaH]. The number of nitrogens with two attached hydrogens (primary N) is 1. The van der Waals surface area contributed by atoms with Gasteiger partial charge in [0.25, 0.3) is 5.91 Å². The minimum absolute atomic E-state index is 0. The Labute approximate surface area is 214 Å². The van der Waals surface area contributed by atoms with Crippen molar-refractivity contribution < 1.29 is 29.3 Å². The van der Waals surface area contributed by atoms with Gasteiger partial charge in [0.1, 0.15) is 17.2 Å². The van der Waals surface area contributed by atoms with Crippen LogP contribution in [-0.4, -0.2) is 58.3 Å². The van der Waals surface area contributed by atoms with Gasteiger partial charge in [-0.15, -0.1) is 0 Å². The van der Waals surface area contributed by atoms with E-state index in [9.17, 15) is 14.7 Å². The van der Waals surface area contributed by atoms with E-state index in [1.165, 1.54) is 6.07 Å². The first-order valence-electron chi connectivity index (χ1n) is 10.2. The van der Waals surface area contributed by atoms with E-state index in [2.05, 4.69) is 0 Å². The molecule has 33 heavy (non-hydrogen) atoms. The zero-order chi connectivity index (χ0) is 22.9. The summed E-state index contributed by atoms with van der Waals surface area (Å²) in [7, 11) is 0. The van der Waals surface area contributed by atoms with Crippen molar-refractivity contribution >= 4 is 41.4 Å². The van der Waals surface area contributed by atoms with Crippen molar-refractivity contribution in [3.63, 3.8) is 0 Å². The Kier molecular flexibility index (Phi) is 10.4. The normalized spacial score (nSPS) is 11.2. The van der Waals surface area contributed by atoms with Gasteiger partial charge >= 0.3 is 35.5 Å². The number of benzene rings is 3. The maximum absolute atomic E-state index is 11.5. The van der Waals surface area contributed by atoms with E-state index < -0.39 is 18.0 Å². The first-order valence-corrected chi connectivity index (χ1v) is 10.2. The van der Waals surface area contributed by atoms with E-state index >= 15 is 0 Å². The molecule has 0 radical (unpaired) electrons. The van der Waals surface area contributed by atoms with Gasteiger partial charge in [-0.1, -0.05) is 42.5 Å². The van der Waals surface area contributed by atoms with E-state index in [4.69, 9.17) is 20.3 Å². The van der Waals surface area contributed by atoms with Crippen molar-refractivity contribution in [2.24, 2.45) is 5.73 Å². The molecule has 0 aliphatic rings. The molecule has 0 aliphatic heterocycles. The molecule has 0 heterocycles. The minimum atomic E-state index is -1.53. The number of ether oxygens (including phenoxy) is 2. The van der Waals surface area contributed by atoms with Crippen molar-refractivity contribution in [3.05, 3.63) is 78.4 Å². The number of carbonyl (C=O) groups is 2. The number of carboxylic acid groups (broad SMARTS) is 1. The van der Waals surface area contributed by atoms with Gasteiger partial charge < -0.3 is 25.4 Å². The number of aliphatic hydroxyl groups is 1. The monoisotopic (exact) mass is 459 g/mol. The Balaban J connectivity index is 0.00000385. The molecule has 1 amide bonds. The summed E-state index contributed by atoms with van der Waals surface area (Å²) in [6, 6.07) is 22.2. The Morgan fingerprint density at radius 1 is 0.879 bits per heavy atom. The third-order valence-corrected chi connectivity index (χ3v) is 4.77. The third-order valence-electron chi connectivity index (χ3n) is 4.77. The molecule has 4 N–H and O–H groups in total. The summed E-state index contributed by atoms with van der Waals surface area (Å²) in [6.45, 7) is 0.221. The van der Waals surface area contributed by atoms with Gasteiger partial charge in [0.2, 0.25) is 0 Å². The predicted molar refractivity (Wildman–Crippen MR) is 127 cm³/mol. The molecule has 0 fully saturated rings. The summed E-state index contributed by atoms with van der Waals surface area (Å²) in [5.74, 6) is -0.450. The summed E-state index contributed by atoms with van der Waals surface area (Å²) >= 11 is 0. The van der Waals surface area contributed by atoms with E-state index in [0.717, 1.165) is 11.1 Å². The first-order chi connectivity index (χ1) is 15.4. The molecule has 0 bridgehead atoms. The molecule has 0 aliphatic carbocycles. The number of carboxylic acids is 1. The van der Waals surface area contributed by atoms with Crippen LogP contribution in [0.25, 0.3) is 11.1 Å². The second kappa shape index (κ2) is 13.0. The molecule has 0 saturated heterocycles. The topological polar surface area (TPSA) is 119 Å². The molecule has 168 valence electrons. The number of carbonyl (C=O) groups excluding carboxylic acids is 1. The third kappa shape index (κ3) is 7.91. The molecule has 8 heteroatoms. The van der Waals surface area contributed by atoms with Gasteiger partial charge in [0, 0.05) is 18.1 Å². The Morgan fingerprint density at radius 2 is 1.58 bits per heavy atom. The average molecular weight is 459 g/mol. The fraction of sp³-hybridized carbons (Fsp3) is 0.200. The Hall–Kier alpha value is -2.84. The van der Waals surface area contributed by atoms with E-state index in [0.29, 0.717) is 24.3 Å². The molecule has 0 saturated carbocycles. The van der Waals surface area contributed by atoms with Gasteiger partial charge in [0.05, 0.1) is 6.61 Å². The molecule has 3 aromatic carbocycles. The molecule has 1 unspecified atom stereocenters. The van der Waals surface area contributed by atoms with Crippen LogP contribution < -0.4 is 15.2 Å². The van der Waals surface area contributed by atoms with Crippen LogP contribution in [0.15, 0.2) is 72.8 Å². The van der Waals surface area contributed by atoms with Crippen LogP contribution in [-0.2, 0) is 9.59 Å². The van der Waals surface area contributed by atoms with Crippen LogP contribution in [0.4, 0.5) is 0 Å². The average Bonchev–Trinajstić information content (AvgIpc) is 2.79. The molecule has 1 atom stereocenters. The van der Waals surface area contributed by atoms with Crippen molar-refractivity contribution in [2.75, 3.05) is 6.61 Å². The first kappa shape index (κ1) is 26.4. The molecule has 3 aromatic rings. The van der Waals surface area contributed by atoms with Crippen molar-refractivity contribution in [2.45, 2.75) is 25.4 Å². The number of hydrogen-bond donors (Lipinski definition) is 3. The second-order valence-corrected chi connectivity index (χ2v) is 7.20. The molecule has 0 aromatic heterocycles. The fourth-order valence-corrected chi connectivity index (χ4v) is 3.15. The van der Waals surface area contributed by atoms with Crippen LogP contribution >= 0.6 is 0 Å². The van der Waals surface area contributed by atoms with Crippen molar-refractivity contribution in [1.29, 1.82) is 0 Å². The van der Waals surface area contributed by atoms with Gasteiger partial charge in [-0.2, -0.15) is 0 Å². The molecular weight excluding hydrogens is 433 g/mol. The van der Waals surface area contributed by atoms with E-state index in [1.807, 2.05) is 54.6 Å². The van der Waals surface area contributed by atoms with Gasteiger partial charge in [-0.05, 0) is 48.2 Å². The second-order valence-electron chi connectivity index (χ2n) is 7.20. The maximum atomic E-state index is 11.5. The van der Waals surface area contributed by atoms with E-state index in [1.54, 1.807) is 12.1 Å². The van der Waals surface area contributed by atoms with Gasteiger partial charge in [-0.25, -0.2) is 0 Å². The number of unbranched alkanes of at least 4 members (excludes halogenated alkanes) is 1. The van der Waals surface area contributed by atoms with Crippen LogP contribution in [0.1, 0.15) is 30.9 Å². The molecule has 7 nitrogen and oxygen atoms in total. The zero-order valence-corrected chi connectivity index (χ0v) is 17.4. The number of aliphatic carboxylic acids is 1. The van der Waals surface area contributed by atoms with Crippen LogP contribution in [0.2, 0.25) is 0 Å². The fourth-order valence-electron chi connectivity index (χ4n) is 3.15. The number of aliphatic hydroxyl groups excluding tert-OH is 1. The molecular formula is C25H26NNaO6.